The van der Waals surface area contributed by atoms with Gasteiger partial charge in [-0.05, 0) is 24.0 Å². The Balaban J connectivity index is 2.10. The number of aliphatic hydroxyl groups is 1. The van der Waals surface area contributed by atoms with Crippen molar-refractivity contribution < 1.29 is 5.11 Å². The summed E-state index contributed by atoms with van der Waals surface area (Å²) in [6.45, 7) is 0.372. The Morgan fingerprint density at radius 1 is 1.20 bits per heavy atom. The van der Waals surface area contributed by atoms with Gasteiger partial charge in [0.05, 0.1) is 17.4 Å². The average molecular weight is 284 g/mol. The van der Waals surface area contributed by atoms with Gasteiger partial charge in [-0.2, -0.15) is 5.26 Å². The van der Waals surface area contributed by atoms with Gasteiger partial charge < -0.3 is 10.4 Å². The molecule has 0 bridgehead atoms. The fourth-order valence-electron chi connectivity index (χ4n) is 1.96. The van der Waals surface area contributed by atoms with Crippen molar-refractivity contribution in [2.45, 2.75) is 11.0 Å². The molecule has 0 heterocycles. The van der Waals surface area contributed by atoms with Gasteiger partial charge >= 0.3 is 0 Å². The van der Waals surface area contributed by atoms with Gasteiger partial charge in [0.1, 0.15) is 6.07 Å². The SMILES string of the molecule is CSc1cccc(NCC(O)c2ccccc2)c1C#N. The summed E-state index contributed by atoms with van der Waals surface area (Å²) >= 11 is 1.54. The number of nitriles is 1. The normalized spacial score (nSPS) is 11.7. The molecule has 20 heavy (non-hydrogen) atoms. The molecule has 0 aromatic heterocycles. The van der Waals surface area contributed by atoms with Crippen LogP contribution in [0.2, 0.25) is 0 Å². The van der Waals surface area contributed by atoms with Crippen LogP contribution in [0.4, 0.5) is 5.69 Å². The highest BCUT2D eigenvalue weighted by Crippen LogP contribution is 2.26. The Morgan fingerprint density at radius 2 is 1.95 bits per heavy atom. The molecule has 2 aromatic carbocycles. The first-order valence-electron chi connectivity index (χ1n) is 6.30. The van der Waals surface area contributed by atoms with Crippen molar-refractivity contribution in [2.24, 2.45) is 0 Å². The molecule has 0 spiro atoms. The second-order valence-electron chi connectivity index (χ2n) is 4.30. The zero-order chi connectivity index (χ0) is 14.4. The van der Waals surface area contributed by atoms with Crippen LogP contribution in [-0.2, 0) is 0 Å². The molecule has 0 fully saturated rings. The molecule has 2 aromatic rings. The highest BCUT2D eigenvalue weighted by atomic mass is 32.2. The van der Waals surface area contributed by atoms with Crippen LogP contribution >= 0.6 is 11.8 Å². The van der Waals surface area contributed by atoms with Crippen molar-refractivity contribution in [3.63, 3.8) is 0 Å². The average Bonchev–Trinajstić information content (AvgIpc) is 2.52. The molecule has 0 amide bonds. The second kappa shape index (κ2) is 6.99. The van der Waals surface area contributed by atoms with Crippen LogP contribution in [0.25, 0.3) is 0 Å². The van der Waals surface area contributed by atoms with E-state index in [2.05, 4.69) is 11.4 Å². The van der Waals surface area contributed by atoms with Crippen LogP contribution in [0.15, 0.2) is 53.4 Å². The van der Waals surface area contributed by atoms with Crippen LogP contribution in [0.5, 0.6) is 0 Å². The predicted octanol–water partition coefficient (Wildman–Crippen LogP) is 3.43. The Hall–Kier alpha value is -1.96. The van der Waals surface area contributed by atoms with Gasteiger partial charge in [-0.1, -0.05) is 36.4 Å². The van der Waals surface area contributed by atoms with E-state index in [0.717, 1.165) is 16.1 Å². The Labute approximate surface area is 123 Å². The van der Waals surface area contributed by atoms with Gasteiger partial charge in [0, 0.05) is 11.4 Å². The molecule has 0 radical (unpaired) electrons. The molecule has 3 nitrogen and oxygen atoms in total. The van der Waals surface area contributed by atoms with Gasteiger partial charge in [-0.25, -0.2) is 0 Å². The number of hydrogen-bond donors (Lipinski definition) is 2. The Bertz CT molecular complexity index is 608. The van der Waals surface area contributed by atoms with Crippen molar-refractivity contribution in [2.75, 3.05) is 18.1 Å². The minimum absolute atomic E-state index is 0.372. The molecule has 0 saturated carbocycles. The summed E-state index contributed by atoms with van der Waals surface area (Å²) < 4.78 is 0. The summed E-state index contributed by atoms with van der Waals surface area (Å²) in [6.07, 6.45) is 1.35. The third-order valence-electron chi connectivity index (χ3n) is 3.03. The Kier molecular flexibility index (Phi) is 5.05. The maximum atomic E-state index is 10.1. The summed E-state index contributed by atoms with van der Waals surface area (Å²) in [7, 11) is 0. The molecule has 1 unspecified atom stereocenters. The number of anilines is 1. The molecule has 0 saturated heterocycles. The summed E-state index contributed by atoms with van der Waals surface area (Å²) in [5.74, 6) is 0. The number of hydrogen-bond acceptors (Lipinski definition) is 4. The molecule has 4 heteroatoms. The summed E-state index contributed by atoms with van der Waals surface area (Å²) in [6, 6.07) is 17.4. The topological polar surface area (TPSA) is 56.0 Å². The van der Waals surface area contributed by atoms with Crippen molar-refractivity contribution in [3.05, 3.63) is 59.7 Å². The number of rotatable bonds is 5. The maximum Gasteiger partial charge on any atom is 0.102 e. The lowest BCUT2D eigenvalue weighted by atomic mass is 10.1. The standard InChI is InChI=1S/C16H16N2OS/c1-20-16-9-5-8-14(13(16)10-17)18-11-15(19)12-6-3-2-4-7-12/h2-9,15,18-19H,11H2,1H3. The molecular formula is C16H16N2OS. The molecule has 2 rings (SSSR count). The second-order valence-corrected chi connectivity index (χ2v) is 5.15. The van der Waals surface area contributed by atoms with Gasteiger partial charge in [-0.3, -0.25) is 0 Å². The van der Waals surface area contributed by atoms with E-state index in [1.807, 2.05) is 54.8 Å². The summed E-state index contributed by atoms with van der Waals surface area (Å²) in [4.78, 5) is 0.937. The smallest absolute Gasteiger partial charge is 0.102 e. The largest absolute Gasteiger partial charge is 0.387 e. The third-order valence-corrected chi connectivity index (χ3v) is 3.81. The van der Waals surface area contributed by atoms with E-state index in [-0.39, 0.29) is 0 Å². The van der Waals surface area contributed by atoms with Crippen LogP contribution in [0.1, 0.15) is 17.2 Å². The number of aliphatic hydroxyl groups excluding tert-OH is 1. The van der Waals surface area contributed by atoms with Crippen LogP contribution < -0.4 is 5.32 Å². The summed E-state index contributed by atoms with van der Waals surface area (Å²) in [5.41, 5.74) is 2.24. The molecule has 102 valence electrons. The van der Waals surface area contributed by atoms with E-state index in [1.165, 1.54) is 11.8 Å². The first-order valence-corrected chi connectivity index (χ1v) is 7.52. The number of thioether (sulfide) groups is 1. The first-order chi connectivity index (χ1) is 9.76. The van der Waals surface area contributed by atoms with Gasteiger partial charge in [-0.15, -0.1) is 11.8 Å². The van der Waals surface area contributed by atoms with Crippen molar-refractivity contribution in [1.29, 1.82) is 5.26 Å². The minimum atomic E-state index is -0.597. The summed E-state index contributed by atoms with van der Waals surface area (Å²) in [5, 5.41) is 22.5. The van der Waals surface area contributed by atoms with Crippen molar-refractivity contribution in [3.8, 4) is 6.07 Å². The van der Waals surface area contributed by atoms with Crippen molar-refractivity contribution >= 4 is 17.4 Å². The number of nitrogens with zero attached hydrogens (tertiary/aromatic N) is 1. The quantitative estimate of drug-likeness (QED) is 0.826. The van der Waals surface area contributed by atoms with Gasteiger partial charge in [0.15, 0.2) is 0 Å². The maximum absolute atomic E-state index is 10.1. The van der Waals surface area contributed by atoms with E-state index < -0.39 is 6.10 Å². The van der Waals surface area contributed by atoms with Gasteiger partial charge in [0.2, 0.25) is 0 Å². The monoisotopic (exact) mass is 284 g/mol. The van der Waals surface area contributed by atoms with Crippen molar-refractivity contribution in [1.82, 2.24) is 0 Å². The minimum Gasteiger partial charge on any atom is -0.387 e. The molecule has 0 aliphatic carbocycles. The van der Waals surface area contributed by atoms with E-state index in [0.29, 0.717) is 12.1 Å². The number of benzene rings is 2. The molecule has 0 aliphatic rings. The lowest BCUT2D eigenvalue weighted by molar-refractivity contribution is 0.191. The molecular weight excluding hydrogens is 268 g/mol. The fraction of sp³-hybridized carbons (Fsp3) is 0.188. The van der Waals surface area contributed by atoms with E-state index >= 15 is 0 Å². The van der Waals surface area contributed by atoms with Crippen LogP contribution in [0, 0.1) is 11.3 Å². The van der Waals surface area contributed by atoms with E-state index in [4.69, 9.17) is 0 Å². The molecule has 2 N–H and O–H groups in total. The Morgan fingerprint density at radius 3 is 2.60 bits per heavy atom. The van der Waals surface area contributed by atoms with E-state index in [1.54, 1.807) is 0 Å². The first kappa shape index (κ1) is 14.4. The lowest BCUT2D eigenvalue weighted by Crippen LogP contribution is -2.13. The third kappa shape index (κ3) is 3.32. The molecule has 0 aliphatic heterocycles. The zero-order valence-electron chi connectivity index (χ0n) is 11.2. The number of nitrogens with one attached hydrogen (secondary N) is 1. The highest BCUT2D eigenvalue weighted by molar-refractivity contribution is 7.98. The van der Waals surface area contributed by atoms with Crippen LogP contribution in [-0.4, -0.2) is 17.9 Å². The van der Waals surface area contributed by atoms with E-state index in [9.17, 15) is 10.4 Å². The lowest BCUT2D eigenvalue weighted by Gasteiger charge is -2.15. The molecule has 1 atom stereocenters. The predicted molar refractivity (Wildman–Crippen MR) is 82.8 cm³/mol. The highest BCUT2D eigenvalue weighted by Gasteiger charge is 2.10. The van der Waals surface area contributed by atoms with Gasteiger partial charge in [0.25, 0.3) is 0 Å². The van der Waals surface area contributed by atoms with Crippen LogP contribution in [0.3, 0.4) is 0 Å². The fourth-order valence-corrected chi connectivity index (χ4v) is 2.54. The zero-order valence-corrected chi connectivity index (χ0v) is 12.0.